The number of Topliss-reactive ketones (excluding diaryl/α,β-unsaturated/α-hetero) is 1. The number of carbonyl (C=O) groups excluding carboxylic acids is 1. The summed E-state index contributed by atoms with van der Waals surface area (Å²) in [4.78, 5) is 11.1. The topological polar surface area (TPSA) is 26.3 Å². The van der Waals surface area contributed by atoms with Crippen LogP contribution in [0.5, 0.6) is 5.75 Å². The molecule has 0 heterocycles. The van der Waals surface area contributed by atoms with E-state index in [0.29, 0.717) is 6.07 Å². The molecule has 0 radical (unpaired) electrons. The van der Waals surface area contributed by atoms with E-state index in [-0.39, 0.29) is 3.57 Å². The standard InChI is InChI=1S/C10H6F5IO2/c1-4(17)5-2-6(10(13,14)15)7(16)3-8(5)18-9(11)12/h2-3,9H,1H3. The Balaban J connectivity index is 3.39. The van der Waals surface area contributed by atoms with Crippen LogP contribution in [-0.2, 0) is 6.18 Å². The number of alkyl halides is 5. The molecule has 0 unspecified atom stereocenters. The molecule has 0 atom stereocenters. The fourth-order valence-corrected chi connectivity index (χ4v) is 1.99. The summed E-state index contributed by atoms with van der Waals surface area (Å²) in [7, 11) is 0. The van der Waals surface area contributed by atoms with Gasteiger partial charge in [-0.05, 0) is 41.6 Å². The second-order valence-corrected chi connectivity index (χ2v) is 4.42. The molecule has 0 spiro atoms. The van der Waals surface area contributed by atoms with Gasteiger partial charge in [0.2, 0.25) is 0 Å². The summed E-state index contributed by atoms with van der Waals surface area (Å²) in [5, 5.41) is 0. The van der Waals surface area contributed by atoms with Crippen LogP contribution < -0.4 is 4.74 Å². The number of ether oxygens (including phenoxy) is 1. The number of hydrogen-bond donors (Lipinski definition) is 0. The van der Waals surface area contributed by atoms with Crippen molar-refractivity contribution in [2.75, 3.05) is 0 Å². The minimum Gasteiger partial charge on any atom is -0.434 e. The number of ketones is 1. The molecule has 0 aliphatic heterocycles. The van der Waals surface area contributed by atoms with Gasteiger partial charge in [-0.3, -0.25) is 4.79 Å². The highest BCUT2D eigenvalue weighted by atomic mass is 127. The van der Waals surface area contributed by atoms with Gasteiger partial charge in [0.15, 0.2) is 5.78 Å². The molecule has 0 saturated carbocycles. The lowest BCUT2D eigenvalue weighted by Gasteiger charge is -2.14. The van der Waals surface area contributed by atoms with E-state index in [1.54, 1.807) is 0 Å². The average molecular weight is 380 g/mol. The monoisotopic (exact) mass is 380 g/mol. The van der Waals surface area contributed by atoms with Crippen LogP contribution in [0.25, 0.3) is 0 Å². The van der Waals surface area contributed by atoms with Crippen molar-refractivity contribution < 1.29 is 31.5 Å². The first-order valence-electron chi connectivity index (χ1n) is 4.49. The molecule has 0 bridgehead atoms. The predicted molar refractivity (Wildman–Crippen MR) is 60.8 cm³/mol. The van der Waals surface area contributed by atoms with Gasteiger partial charge in [-0.15, -0.1) is 0 Å². The van der Waals surface area contributed by atoms with E-state index >= 15 is 0 Å². The molecule has 0 fully saturated rings. The summed E-state index contributed by atoms with van der Waals surface area (Å²) in [6.07, 6.45) is -4.66. The Morgan fingerprint density at radius 3 is 2.28 bits per heavy atom. The van der Waals surface area contributed by atoms with Crippen LogP contribution in [0, 0.1) is 3.57 Å². The summed E-state index contributed by atoms with van der Waals surface area (Å²) in [5.41, 5.74) is -1.59. The molecule has 0 amide bonds. The van der Waals surface area contributed by atoms with Gasteiger partial charge in [0.25, 0.3) is 0 Å². The van der Waals surface area contributed by atoms with E-state index in [0.717, 1.165) is 13.0 Å². The van der Waals surface area contributed by atoms with Crippen molar-refractivity contribution in [3.63, 3.8) is 0 Å². The van der Waals surface area contributed by atoms with E-state index in [9.17, 15) is 26.7 Å². The van der Waals surface area contributed by atoms with E-state index in [2.05, 4.69) is 4.74 Å². The van der Waals surface area contributed by atoms with Crippen molar-refractivity contribution in [3.05, 3.63) is 26.8 Å². The van der Waals surface area contributed by atoms with Crippen LogP contribution >= 0.6 is 22.6 Å². The Bertz CT molecular complexity index is 470. The van der Waals surface area contributed by atoms with Crippen molar-refractivity contribution in [1.29, 1.82) is 0 Å². The lowest BCUT2D eigenvalue weighted by Crippen LogP contribution is -2.12. The second kappa shape index (κ2) is 5.37. The third-order valence-corrected chi connectivity index (χ3v) is 2.86. The first-order valence-corrected chi connectivity index (χ1v) is 5.57. The van der Waals surface area contributed by atoms with Gasteiger partial charge in [0, 0.05) is 3.57 Å². The lowest BCUT2D eigenvalue weighted by atomic mass is 10.1. The van der Waals surface area contributed by atoms with E-state index in [1.807, 2.05) is 0 Å². The van der Waals surface area contributed by atoms with Crippen molar-refractivity contribution in [1.82, 2.24) is 0 Å². The molecule has 2 nitrogen and oxygen atoms in total. The zero-order chi connectivity index (χ0) is 14.1. The Labute approximate surface area is 112 Å². The highest BCUT2D eigenvalue weighted by Crippen LogP contribution is 2.37. The average Bonchev–Trinajstić information content (AvgIpc) is 2.13. The third-order valence-electron chi connectivity index (χ3n) is 1.97. The zero-order valence-electron chi connectivity index (χ0n) is 8.82. The van der Waals surface area contributed by atoms with Crippen LogP contribution in [-0.4, -0.2) is 12.4 Å². The highest BCUT2D eigenvalue weighted by Gasteiger charge is 2.34. The molecular weight excluding hydrogens is 374 g/mol. The van der Waals surface area contributed by atoms with Crippen LogP contribution in [0.4, 0.5) is 22.0 Å². The number of hydrogen-bond acceptors (Lipinski definition) is 2. The Hall–Kier alpha value is -0.930. The normalized spacial score (nSPS) is 11.8. The van der Waals surface area contributed by atoms with Gasteiger partial charge in [0.1, 0.15) is 5.75 Å². The smallest absolute Gasteiger partial charge is 0.417 e. The molecule has 8 heteroatoms. The van der Waals surface area contributed by atoms with Gasteiger partial charge >= 0.3 is 12.8 Å². The minimum atomic E-state index is -4.66. The van der Waals surface area contributed by atoms with Crippen molar-refractivity contribution in [2.24, 2.45) is 0 Å². The molecule has 0 aromatic heterocycles. The van der Waals surface area contributed by atoms with Crippen LogP contribution in [0.1, 0.15) is 22.8 Å². The van der Waals surface area contributed by atoms with Crippen LogP contribution in [0.3, 0.4) is 0 Å². The van der Waals surface area contributed by atoms with E-state index < -0.39 is 35.4 Å². The summed E-state index contributed by atoms with van der Waals surface area (Å²) in [6, 6.07) is 1.29. The molecule has 0 saturated heterocycles. The molecule has 0 N–H and O–H groups in total. The second-order valence-electron chi connectivity index (χ2n) is 3.26. The quantitative estimate of drug-likeness (QED) is 0.448. The summed E-state index contributed by atoms with van der Waals surface area (Å²) in [6.45, 7) is -2.24. The number of benzene rings is 1. The van der Waals surface area contributed by atoms with Gasteiger partial charge < -0.3 is 4.74 Å². The van der Waals surface area contributed by atoms with Crippen molar-refractivity contribution in [3.8, 4) is 5.75 Å². The molecular formula is C10H6F5IO2. The summed E-state index contributed by atoms with van der Waals surface area (Å²) >= 11 is 1.34. The predicted octanol–water partition coefficient (Wildman–Crippen LogP) is 4.11. The first-order chi connectivity index (χ1) is 8.12. The summed E-state index contributed by atoms with van der Waals surface area (Å²) in [5.74, 6) is -1.34. The largest absolute Gasteiger partial charge is 0.434 e. The third kappa shape index (κ3) is 3.53. The van der Waals surface area contributed by atoms with Gasteiger partial charge in [0.05, 0.1) is 11.1 Å². The Morgan fingerprint density at radius 1 is 1.33 bits per heavy atom. The number of rotatable bonds is 3. The van der Waals surface area contributed by atoms with Crippen molar-refractivity contribution >= 4 is 28.4 Å². The molecule has 100 valence electrons. The van der Waals surface area contributed by atoms with Crippen LogP contribution in [0.15, 0.2) is 12.1 Å². The SMILES string of the molecule is CC(=O)c1cc(C(F)(F)F)c(I)cc1OC(F)F. The Morgan fingerprint density at radius 2 is 1.89 bits per heavy atom. The van der Waals surface area contributed by atoms with E-state index in [1.165, 1.54) is 22.6 Å². The summed E-state index contributed by atoms with van der Waals surface area (Å²) < 4.78 is 65.6. The first kappa shape index (κ1) is 15.1. The highest BCUT2D eigenvalue weighted by molar-refractivity contribution is 14.1. The van der Waals surface area contributed by atoms with Gasteiger partial charge in [-0.2, -0.15) is 22.0 Å². The molecule has 18 heavy (non-hydrogen) atoms. The zero-order valence-corrected chi connectivity index (χ0v) is 11.0. The van der Waals surface area contributed by atoms with Crippen molar-refractivity contribution in [2.45, 2.75) is 19.7 Å². The maximum atomic E-state index is 12.6. The number of carbonyl (C=O) groups is 1. The fourth-order valence-electron chi connectivity index (χ4n) is 1.24. The number of halogens is 6. The van der Waals surface area contributed by atoms with Gasteiger partial charge in [-0.25, -0.2) is 0 Å². The van der Waals surface area contributed by atoms with E-state index in [4.69, 9.17) is 0 Å². The van der Waals surface area contributed by atoms with Crippen LogP contribution in [0.2, 0.25) is 0 Å². The lowest BCUT2D eigenvalue weighted by molar-refractivity contribution is -0.138. The molecule has 1 rings (SSSR count). The minimum absolute atomic E-state index is 0.319. The molecule has 1 aromatic rings. The molecule has 1 aromatic carbocycles. The molecule has 0 aliphatic carbocycles. The maximum Gasteiger partial charge on any atom is 0.417 e. The molecule has 0 aliphatic rings. The van der Waals surface area contributed by atoms with Gasteiger partial charge in [-0.1, -0.05) is 0 Å². The maximum absolute atomic E-state index is 12.6. The Kier molecular flexibility index (Phi) is 4.51. The fraction of sp³-hybridized carbons (Fsp3) is 0.300.